The number of hydrogen-bond acceptors (Lipinski definition) is 2. The number of allylic oxidation sites excluding steroid dienone is 1. The third-order valence-electron chi connectivity index (χ3n) is 8.63. The highest BCUT2D eigenvalue weighted by molar-refractivity contribution is 9.09. The molecule has 0 amide bonds. The highest BCUT2D eigenvalue weighted by Crippen LogP contribution is 2.64. The average molecular weight is 409 g/mol. The van der Waals surface area contributed by atoms with E-state index in [1.54, 1.807) is 11.1 Å². The van der Waals surface area contributed by atoms with E-state index >= 15 is 0 Å². The highest BCUT2D eigenvalue weighted by Gasteiger charge is 2.58. The monoisotopic (exact) mass is 408 g/mol. The van der Waals surface area contributed by atoms with E-state index in [0.717, 1.165) is 43.4 Å². The van der Waals surface area contributed by atoms with Crippen LogP contribution in [0.1, 0.15) is 72.1 Å². The van der Waals surface area contributed by atoms with Crippen LogP contribution in [0.5, 0.6) is 0 Å². The molecule has 4 rings (SSSR count). The zero-order chi connectivity index (χ0) is 18.0. The summed E-state index contributed by atoms with van der Waals surface area (Å²) in [5.74, 6) is 3.69. The summed E-state index contributed by atoms with van der Waals surface area (Å²) in [6, 6.07) is 0. The Morgan fingerprint density at radius 3 is 2.64 bits per heavy atom. The van der Waals surface area contributed by atoms with Crippen LogP contribution in [0.25, 0.3) is 0 Å². The molecule has 3 heteroatoms. The molecule has 0 saturated heterocycles. The molecule has 3 fully saturated rings. The Kier molecular flexibility index (Phi) is 4.51. The Bertz CT molecular complexity index is 607. The van der Waals surface area contributed by atoms with Crippen LogP contribution >= 0.6 is 15.9 Å². The minimum atomic E-state index is -0.496. The number of halogens is 1. The molecule has 4 aliphatic rings. The molecule has 140 valence electrons. The van der Waals surface area contributed by atoms with Gasteiger partial charge in [0.05, 0.1) is 10.9 Å². The standard InChI is InChI=1S/C22H33BrO2/c1-13-10-16-14(15-6-8-21(2,25)11-17(13)15)7-9-22(3)18(16)4-5-19(22)20(24)12-23/h14-16,18-19,25H,4-12H2,1-3H3/t14-,15-,16-,18+,19-,21-,22+/m1/s1. The topological polar surface area (TPSA) is 37.3 Å². The molecule has 1 N–H and O–H groups in total. The van der Waals surface area contributed by atoms with E-state index in [4.69, 9.17) is 0 Å². The van der Waals surface area contributed by atoms with Gasteiger partial charge in [0.25, 0.3) is 0 Å². The molecule has 2 nitrogen and oxygen atoms in total. The molecule has 0 unspecified atom stereocenters. The molecule has 0 radical (unpaired) electrons. The number of Topliss-reactive ketones (excluding diaryl/α,β-unsaturated/α-hetero) is 1. The lowest BCUT2D eigenvalue weighted by molar-refractivity contribution is -0.126. The van der Waals surface area contributed by atoms with Crippen molar-refractivity contribution in [2.24, 2.45) is 35.0 Å². The number of carbonyl (C=O) groups is 1. The van der Waals surface area contributed by atoms with Gasteiger partial charge in [-0.1, -0.05) is 34.0 Å². The molecule has 0 aliphatic heterocycles. The lowest BCUT2D eigenvalue weighted by atomic mass is 9.50. The Morgan fingerprint density at radius 1 is 1.16 bits per heavy atom. The van der Waals surface area contributed by atoms with Gasteiger partial charge in [-0.2, -0.15) is 0 Å². The molecule has 0 aromatic rings. The number of rotatable bonds is 2. The van der Waals surface area contributed by atoms with Crippen molar-refractivity contribution in [2.45, 2.75) is 77.7 Å². The van der Waals surface area contributed by atoms with Crippen molar-refractivity contribution in [3.05, 3.63) is 11.1 Å². The van der Waals surface area contributed by atoms with Crippen molar-refractivity contribution >= 4 is 21.7 Å². The van der Waals surface area contributed by atoms with Gasteiger partial charge < -0.3 is 5.11 Å². The van der Waals surface area contributed by atoms with E-state index in [1.165, 1.54) is 25.7 Å². The minimum Gasteiger partial charge on any atom is -0.390 e. The van der Waals surface area contributed by atoms with E-state index in [0.29, 0.717) is 17.0 Å². The van der Waals surface area contributed by atoms with E-state index in [-0.39, 0.29) is 11.3 Å². The molecule has 0 heterocycles. The van der Waals surface area contributed by atoms with Gasteiger partial charge in [0.15, 0.2) is 0 Å². The highest BCUT2D eigenvalue weighted by atomic mass is 79.9. The quantitative estimate of drug-likeness (QED) is 0.498. The second kappa shape index (κ2) is 6.19. The van der Waals surface area contributed by atoms with E-state index in [1.807, 2.05) is 6.92 Å². The van der Waals surface area contributed by atoms with Crippen LogP contribution in [-0.4, -0.2) is 21.8 Å². The van der Waals surface area contributed by atoms with Crippen molar-refractivity contribution in [1.82, 2.24) is 0 Å². The third-order valence-corrected chi connectivity index (χ3v) is 9.19. The molecule has 0 aromatic heterocycles. The predicted octanol–water partition coefficient (Wildman–Crippen LogP) is 5.28. The van der Waals surface area contributed by atoms with E-state index in [9.17, 15) is 9.90 Å². The minimum absolute atomic E-state index is 0.226. The molecule has 7 atom stereocenters. The van der Waals surface area contributed by atoms with Gasteiger partial charge >= 0.3 is 0 Å². The lowest BCUT2D eigenvalue weighted by Crippen LogP contribution is -2.49. The Morgan fingerprint density at radius 2 is 1.92 bits per heavy atom. The molecule has 0 aromatic carbocycles. The molecular weight excluding hydrogens is 376 g/mol. The molecule has 4 aliphatic carbocycles. The predicted molar refractivity (Wildman–Crippen MR) is 105 cm³/mol. The molecule has 25 heavy (non-hydrogen) atoms. The van der Waals surface area contributed by atoms with Crippen molar-refractivity contribution in [3.63, 3.8) is 0 Å². The summed E-state index contributed by atoms with van der Waals surface area (Å²) in [7, 11) is 0. The van der Waals surface area contributed by atoms with Crippen molar-refractivity contribution < 1.29 is 9.90 Å². The van der Waals surface area contributed by atoms with Gasteiger partial charge in [0, 0.05) is 5.92 Å². The Labute approximate surface area is 161 Å². The van der Waals surface area contributed by atoms with Gasteiger partial charge in [-0.15, -0.1) is 0 Å². The number of carbonyl (C=O) groups excluding carboxylic acids is 1. The van der Waals surface area contributed by atoms with Gasteiger partial charge in [0.2, 0.25) is 0 Å². The maximum atomic E-state index is 12.5. The van der Waals surface area contributed by atoms with E-state index in [2.05, 4.69) is 29.8 Å². The first-order valence-electron chi connectivity index (χ1n) is 10.3. The number of hydrogen-bond donors (Lipinski definition) is 1. The normalized spacial score (nSPS) is 49.4. The zero-order valence-corrected chi connectivity index (χ0v) is 17.6. The summed E-state index contributed by atoms with van der Waals surface area (Å²) >= 11 is 3.42. The van der Waals surface area contributed by atoms with Crippen molar-refractivity contribution in [3.8, 4) is 0 Å². The Hall–Kier alpha value is -0.150. The fourth-order valence-electron chi connectivity index (χ4n) is 7.43. The van der Waals surface area contributed by atoms with Crippen LogP contribution < -0.4 is 0 Å². The Balaban J connectivity index is 1.63. The fourth-order valence-corrected chi connectivity index (χ4v) is 7.82. The fraction of sp³-hybridized carbons (Fsp3) is 0.864. The number of aliphatic hydroxyl groups is 1. The third kappa shape index (κ3) is 2.79. The smallest absolute Gasteiger partial charge is 0.147 e. The molecule has 0 spiro atoms. The SMILES string of the molecule is CC1=C2C[C@](C)(O)CC[C@@H]2[C@H]2CC[C@]3(C)[C@@H](C(=O)CBr)CC[C@H]3[C@@H]2C1. The van der Waals surface area contributed by atoms with Gasteiger partial charge in [-0.05, 0) is 94.3 Å². The maximum Gasteiger partial charge on any atom is 0.147 e. The zero-order valence-electron chi connectivity index (χ0n) is 16.0. The summed E-state index contributed by atoms with van der Waals surface area (Å²) in [6.07, 6.45) is 9.06. The summed E-state index contributed by atoms with van der Waals surface area (Å²) in [6.45, 7) is 6.76. The molecule has 0 bridgehead atoms. The van der Waals surface area contributed by atoms with Crippen LogP contribution in [0.3, 0.4) is 0 Å². The summed E-state index contributed by atoms with van der Waals surface area (Å²) in [4.78, 5) is 12.5. The van der Waals surface area contributed by atoms with E-state index < -0.39 is 5.60 Å². The van der Waals surface area contributed by atoms with Crippen LogP contribution in [-0.2, 0) is 4.79 Å². The van der Waals surface area contributed by atoms with Crippen molar-refractivity contribution in [1.29, 1.82) is 0 Å². The van der Waals surface area contributed by atoms with Crippen LogP contribution in [0.4, 0.5) is 0 Å². The van der Waals surface area contributed by atoms with Crippen LogP contribution in [0.15, 0.2) is 11.1 Å². The largest absolute Gasteiger partial charge is 0.390 e. The number of alkyl halides is 1. The first kappa shape index (κ1) is 18.2. The second-order valence-electron chi connectivity index (χ2n) is 10.0. The first-order chi connectivity index (χ1) is 11.8. The van der Waals surface area contributed by atoms with Crippen LogP contribution in [0.2, 0.25) is 0 Å². The molecular formula is C22H33BrO2. The maximum absolute atomic E-state index is 12.5. The van der Waals surface area contributed by atoms with Gasteiger partial charge in [-0.3, -0.25) is 4.79 Å². The summed E-state index contributed by atoms with van der Waals surface area (Å²) < 4.78 is 0. The summed E-state index contributed by atoms with van der Waals surface area (Å²) in [5, 5.41) is 11.1. The average Bonchev–Trinajstić information content (AvgIpc) is 2.91. The number of fused-ring (bicyclic) bond motifs is 5. The van der Waals surface area contributed by atoms with Crippen molar-refractivity contribution in [2.75, 3.05) is 5.33 Å². The van der Waals surface area contributed by atoms with Gasteiger partial charge in [0.1, 0.15) is 5.78 Å². The lowest BCUT2D eigenvalue weighted by Gasteiger charge is -2.55. The van der Waals surface area contributed by atoms with Gasteiger partial charge in [-0.25, -0.2) is 0 Å². The second-order valence-corrected chi connectivity index (χ2v) is 10.6. The number of ketones is 1. The molecule has 3 saturated carbocycles. The first-order valence-corrected chi connectivity index (χ1v) is 11.4. The summed E-state index contributed by atoms with van der Waals surface area (Å²) in [5.41, 5.74) is 2.88. The van der Waals surface area contributed by atoms with Crippen LogP contribution in [0, 0.1) is 35.0 Å².